The molecule has 1 aromatic heterocycles. The van der Waals surface area contributed by atoms with E-state index in [0.29, 0.717) is 45.4 Å². The van der Waals surface area contributed by atoms with E-state index in [1.807, 2.05) is 17.5 Å². The second-order valence-corrected chi connectivity index (χ2v) is 7.79. The molecule has 0 fully saturated rings. The van der Waals surface area contributed by atoms with Crippen LogP contribution in [-0.2, 0) is 4.79 Å². The summed E-state index contributed by atoms with van der Waals surface area (Å²) in [6.45, 7) is -0.601. The molecule has 0 amide bonds. The van der Waals surface area contributed by atoms with E-state index in [2.05, 4.69) is 0 Å². The fraction of sp³-hybridized carbons (Fsp3) is 0.200. The van der Waals surface area contributed by atoms with Gasteiger partial charge in [0.05, 0.1) is 34.4 Å². The molecule has 35 heavy (non-hydrogen) atoms. The Balaban J connectivity index is 0.00000432. The van der Waals surface area contributed by atoms with Crippen molar-refractivity contribution in [3.63, 3.8) is 0 Å². The van der Waals surface area contributed by atoms with Gasteiger partial charge in [0.2, 0.25) is 5.75 Å². The Hall–Kier alpha value is -2.98. The van der Waals surface area contributed by atoms with Crippen LogP contribution < -0.4 is 58.3 Å². The molecule has 2 aromatic carbocycles. The number of benzene rings is 2. The second-order valence-electron chi connectivity index (χ2n) is 6.84. The number of methoxy groups -OCH3 is 4. The van der Waals surface area contributed by atoms with Gasteiger partial charge in [0.25, 0.3) is 0 Å². The van der Waals surface area contributed by atoms with Crippen molar-refractivity contribution in [3.05, 3.63) is 59.0 Å². The average molecular weight is 507 g/mol. The Bertz CT molecular complexity index is 1180. The summed E-state index contributed by atoms with van der Waals surface area (Å²) in [5, 5.41) is 12.8. The number of thiophene rings is 1. The molecule has 178 valence electrons. The minimum absolute atomic E-state index is 0. The maximum Gasteiger partial charge on any atom is 1.00 e. The van der Waals surface area contributed by atoms with Gasteiger partial charge in [-0.2, -0.15) is 0 Å². The van der Waals surface area contributed by atoms with Crippen LogP contribution in [0.2, 0.25) is 0 Å². The largest absolute Gasteiger partial charge is 1.00 e. The first kappa shape index (κ1) is 28.3. The molecular weight excluding hydrogens is 483 g/mol. The van der Waals surface area contributed by atoms with E-state index in [9.17, 15) is 14.7 Å². The summed E-state index contributed by atoms with van der Waals surface area (Å²) in [6.07, 6.45) is 3.02. The van der Waals surface area contributed by atoms with Gasteiger partial charge >= 0.3 is 29.6 Å². The maximum atomic E-state index is 12.9. The molecule has 1 heterocycles. The number of rotatable bonds is 11. The van der Waals surface area contributed by atoms with Gasteiger partial charge in [-0.3, -0.25) is 4.79 Å². The summed E-state index contributed by atoms with van der Waals surface area (Å²) in [5.74, 6) is 0.225. The van der Waals surface area contributed by atoms with Crippen molar-refractivity contribution < 1.29 is 67.9 Å². The van der Waals surface area contributed by atoms with Gasteiger partial charge in [-0.1, -0.05) is 6.07 Å². The van der Waals surface area contributed by atoms with Crippen LogP contribution in [-0.4, -0.2) is 46.8 Å². The normalized spacial score (nSPS) is 10.4. The monoisotopic (exact) mass is 506 g/mol. The molecule has 0 N–H and O–H groups in total. The van der Waals surface area contributed by atoms with E-state index in [-0.39, 0.29) is 35.3 Å². The molecule has 0 saturated carbocycles. The summed E-state index contributed by atoms with van der Waals surface area (Å²) in [5.41, 5.74) is 1.61. The van der Waals surface area contributed by atoms with E-state index in [1.165, 1.54) is 45.9 Å². The summed E-state index contributed by atoms with van der Waals surface area (Å²) >= 11 is 1.46. The number of ketones is 1. The fourth-order valence-corrected chi connectivity index (χ4v) is 4.00. The number of ether oxygens (including phenoxy) is 5. The van der Waals surface area contributed by atoms with Crippen molar-refractivity contribution in [2.45, 2.75) is 0 Å². The molecule has 0 atom stereocenters. The van der Waals surface area contributed by atoms with E-state index in [0.717, 1.165) is 4.88 Å². The first-order valence-corrected chi connectivity index (χ1v) is 10.9. The zero-order chi connectivity index (χ0) is 24.7. The Morgan fingerprint density at radius 3 is 2.09 bits per heavy atom. The van der Waals surface area contributed by atoms with Gasteiger partial charge in [-0.05, 0) is 41.8 Å². The average Bonchev–Trinajstić information content (AvgIpc) is 3.39. The van der Waals surface area contributed by atoms with Crippen LogP contribution in [0.25, 0.3) is 16.5 Å². The molecule has 0 saturated heterocycles. The number of hydrogen-bond acceptors (Lipinski definition) is 9. The van der Waals surface area contributed by atoms with Crippen molar-refractivity contribution in [1.29, 1.82) is 0 Å². The zero-order valence-corrected chi connectivity index (χ0v) is 22.9. The number of carboxylic acid groups (broad SMARTS) is 1. The van der Waals surface area contributed by atoms with Gasteiger partial charge in [0, 0.05) is 27.6 Å². The van der Waals surface area contributed by atoms with Gasteiger partial charge in [-0.15, -0.1) is 11.3 Å². The Morgan fingerprint density at radius 1 is 0.914 bits per heavy atom. The summed E-state index contributed by atoms with van der Waals surface area (Å²) < 4.78 is 26.8. The molecular formula is C25H23NaO8S. The number of carboxylic acids is 1. The maximum absolute atomic E-state index is 12.9. The Labute approximate surface area is 229 Å². The molecule has 0 bridgehead atoms. The SMILES string of the molecule is COc1cc(OCC(=O)[O-])c(-c2cccs2)cc1C=CC(=O)c1cc(OC)c(OC)c(OC)c1.[Na+]. The van der Waals surface area contributed by atoms with Gasteiger partial charge in [0.15, 0.2) is 17.3 Å². The predicted octanol–water partition coefficient (Wildman–Crippen LogP) is 0.478. The first-order valence-electron chi connectivity index (χ1n) is 10.0. The molecule has 0 unspecified atom stereocenters. The third-order valence-electron chi connectivity index (χ3n) is 4.83. The first-order chi connectivity index (χ1) is 16.4. The molecule has 0 radical (unpaired) electrons. The van der Waals surface area contributed by atoms with E-state index in [4.69, 9.17) is 23.7 Å². The predicted molar refractivity (Wildman–Crippen MR) is 126 cm³/mol. The fourth-order valence-electron chi connectivity index (χ4n) is 3.25. The molecule has 0 spiro atoms. The summed E-state index contributed by atoms with van der Waals surface area (Å²) in [7, 11) is 5.91. The van der Waals surface area contributed by atoms with Crippen LogP contribution in [0.3, 0.4) is 0 Å². The molecule has 0 aliphatic heterocycles. The van der Waals surface area contributed by atoms with Gasteiger partial charge in [0.1, 0.15) is 18.1 Å². The van der Waals surface area contributed by atoms with Crippen molar-refractivity contribution in [3.8, 4) is 39.2 Å². The third-order valence-corrected chi connectivity index (χ3v) is 5.73. The van der Waals surface area contributed by atoms with Crippen LogP contribution in [0.4, 0.5) is 0 Å². The Morgan fingerprint density at radius 2 is 1.57 bits per heavy atom. The number of allylic oxidation sites excluding steroid dienone is 1. The van der Waals surface area contributed by atoms with Crippen molar-refractivity contribution in [2.24, 2.45) is 0 Å². The van der Waals surface area contributed by atoms with Crippen molar-refractivity contribution in [2.75, 3.05) is 35.0 Å². The van der Waals surface area contributed by atoms with Crippen molar-refractivity contribution >= 4 is 29.2 Å². The number of carbonyl (C=O) groups is 2. The van der Waals surface area contributed by atoms with E-state index < -0.39 is 12.6 Å². The molecule has 10 heteroatoms. The molecule has 3 aromatic rings. The van der Waals surface area contributed by atoms with E-state index >= 15 is 0 Å². The minimum atomic E-state index is -1.34. The smallest absolute Gasteiger partial charge is 0.546 e. The summed E-state index contributed by atoms with van der Waals surface area (Å²) in [6, 6.07) is 10.2. The quantitative estimate of drug-likeness (QED) is 0.210. The molecule has 8 nitrogen and oxygen atoms in total. The van der Waals surface area contributed by atoms with Crippen LogP contribution in [0, 0.1) is 0 Å². The Kier molecular flexibility index (Phi) is 10.7. The van der Waals surface area contributed by atoms with Crippen LogP contribution in [0.5, 0.6) is 28.7 Å². The molecule has 3 rings (SSSR count). The van der Waals surface area contributed by atoms with Crippen LogP contribution >= 0.6 is 11.3 Å². The topological polar surface area (TPSA) is 103 Å². The van der Waals surface area contributed by atoms with Gasteiger partial charge in [-0.25, -0.2) is 0 Å². The molecule has 0 aliphatic carbocycles. The number of hydrogen-bond donors (Lipinski definition) is 0. The summed E-state index contributed by atoms with van der Waals surface area (Å²) in [4.78, 5) is 24.7. The standard InChI is InChI=1S/C25H24O8S.Na/c1-29-19-13-20(33-14-24(27)28)17(23-6-5-9-34-23)10-15(19)7-8-18(26)16-11-21(30-2)25(32-4)22(12-16)31-3;/h5-13H,14H2,1-4H3,(H,27,28);/q;+1/p-1. The number of aliphatic carboxylic acids is 1. The van der Waals surface area contributed by atoms with Crippen molar-refractivity contribution in [1.82, 2.24) is 0 Å². The van der Waals surface area contributed by atoms with Crippen LogP contribution in [0.1, 0.15) is 15.9 Å². The molecule has 0 aliphatic rings. The van der Waals surface area contributed by atoms with Gasteiger partial charge < -0.3 is 33.6 Å². The number of carbonyl (C=O) groups excluding carboxylic acids is 2. The third kappa shape index (κ3) is 6.79. The van der Waals surface area contributed by atoms with E-state index in [1.54, 1.807) is 30.3 Å². The zero-order valence-electron chi connectivity index (χ0n) is 20.1. The second kappa shape index (κ2) is 13.2. The minimum Gasteiger partial charge on any atom is -0.546 e. The van der Waals surface area contributed by atoms with Crippen LogP contribution in [0.15, 0.2) is 47.9 Å².